The Balaban J connectivity index is 1.54. The van der Waals surface area contributed by atoms with E-state index in [0.29, 0.717) is 13.0 Å². The molecule has 2 aliphatic heterocycles. The van der Waals surface area contributed by atoms with Gasteiger partial charge in [0.15, 0.2) is 0 Å². The Bertz CT molecular complexity index is 848. The summed E-state index contributed by atoms with van der Waals surface area (Å²) in [5.41, 5.74) is 2.08. The number of likely N-dealkylation sites (tertiary alicyclic amines) is 1. The molecule has 0 bridgehead atoms. The van der Waals surface area contributed by atoms with Gasteiger partial charge >= 0.3 is 5.97 Å². The fourth-order valence-corrected chi connectivity index (χ4v) is 5.36. The van der Waals surface area contributed by atoms with E-state index in [-0.39, 0.29) is 11.3 Å². The molecule has 2 fully saturated rings. The van der Waals surface area contributed by atoms with Crippen molar-refractivity contribution in [2.75, 3.05) is 24.5 Å². The van der Waals surface area contributed by atoms with E-state index in [1.165, 1.54) is 17.4 Å². The third-order valence-corrected chi connectivity index (χ3v) is 6.92. The lowest BCUT2D eigenvalue weighted by molar-refractivity contribution is -0.147. The van der Waals surface area contributed by atoms with Crippen LogP contribution in [0.4, 0.5) is 5.82 Å². The van der Waals surface area contributed by atoms with E-state index in [2.05, 4.69) is 27.2 Å². The van der Waals surface area contributed by atoms with Gasteiger partial charge in [-0.15, -0.1) is 11.3 Å². The molecular weight excluding hydrogens is 352 g/mol. The van der Waals surface area contributed by atoms with Gasteiger partial charge in [-0.25, -0.2) is 14.8 Å². The molecule has 0 unspecified atom stereocenters. The molecule has 0 aromatic carbocycles. The summed E-state index contributed by atoms with van der Waals surface area (Å²) < 4.78 is 1.11. The van der Waals surface area contributed by atoms with Crippen LogP contribution in [0.1, 0.15) is 31.7 Å². The van der Waals surface area contributed by atoms with Crippen molar-refractivity contribution in [3.63, 3.8) is 0 Å². The smallest absolute Gasteiger partial charge is 0.326 e. The number of rotatable bonds is 2. The minimum atomic E-state index is -0.897. The average Bonchev–Trinajstić information content (AvgIpc) is 3.18. The number of amides is 1. The maximum absolute atomic E-state index is 11.9. The summed E-state index contributed by atoms with van der Waals surface area (Å²) in [6.07, 6.45) is 3.91. The van der Waals surface area contributed by atoms with Crippen molar-refractivity contribution >= 4 is 39.2 Å². The molecule has 1 amide bonds. The molecule has 2 aromatic rings. The number of fused-ring (bicyclic) bond motifs is 1. The number of hydrogen-bond acceptors (Lipinski definition) is 6. The Morgan fingerprint density at radius 2 is 2.04 bits per heavy atom. The number of aryl methyl sites for hydroxylation is 1. The van der Waals surface area contributed by atoms with Crippen molar-refractivity contribution in [2.24, 2.45) is 5.41 Å². The van der Waals surface area contributed by atoms with Gasteiger partial charge in [0.25, 0.3) is 0 Å². The van der Waals surface area contributed by atoms with Crippen molar-refractivity contribution in [3.05, 3.63) is 17.3 Å². The van der Waals surface area contributed by atoms with Gasteiger partial charge in [-0.2, -0.15) is 0 Å². The standard InChI is InChI=1S/C18H22N4O3S/c1-11-8-26-15-14(11)19-10-20-16(15)21-5-3-18(4-6-21)7-13(17(24)25)22(9-18)12(2)23/h8,10,13H,3-7,9H2,1-2H3,(H,24,25)/t13-/m1/s1. The zero-order chi connectivity index (χ0) is 18.5. The minimum Gasteiger partial charge on any atom is -0.480 e. The summed E-state index contributed by atoms with van der Waals surface area (Å²) in [5, 5.41) is 11.6. The van der Waals surface area contributed by atoms with Crippen LogP contribution in [0.3, 0.4) is 0 Å². The van der Waals surface area contributed by atoms with E-state index in [0.717, 1.165) is 42.0 Å². The molecule has 2 aromatic heterocycles. The molecule has 4 rings (SSSR count). The lowest BCUT2D eigenvalue weighted by atomic mass is 9.76. The van der Waals surface area contributed by atoms with Crippen LogP contribution in [0.5, 0.6) is 0 Å². The third kappa shape index (κ3) is 2.72. The van der Waals surface area contributed by atoms with Crippen LogP contribution in [0, 0.1) is 12.3 Å². The maximum Gasteiger partial charge on any atom is 0.326 e. The number of carboxylic acid groups (broad SMARTS) is 1. The number of anilines is 1. The van der Waals surface area contributed by atoms with Crippen LogP contribution in [0.25, 0.3) is 10.2 Å². The largest absolute Gasteiger partial charge is 0.480 e. The highest BCUT2D eigenvalue weighted by Crippen LogP contribution is 2.45. The molecule has 4 heterocycles. The van der Waals surface area contributed by atoms with E-state index >= 15 is 0 Å². The second-order valence-electron chi connectivity index (χ2n) is 7.49. The fraction of sp³-hybridized carbons (Fsp3) is 0.556. The summed E-state index contributed by atoms with van der Waals surface area (Å²) in [6.45, 7) is 5.70. The molecule has 2 aliphatic rings. The van der Waals surface area contributed by atoms with Crippen molar-refractivity contribution in [2.45, 2.75) is 39.2 Å². The molecule has 138 valence electrons. The van der Waals surface area contributed by atoms with E-state index in [1.807, 2.05) is 0 Å². The monoisotopic (exact) mass is 374 g/mol. The molecule has 0 saturated carbocycles. The first kappa shape index (κ1) is 17.2. The van der Waals surface area contributed by atoms with Gasteiger partial charge in [0.05, 0.1) is 10.2 Å². The van der Waals surface area contributed by atoms with Gasteiger partial charge in [0.1, 0.15) is 18.2 Å². The number of carboxylic acids is 1. The van der Waals surface area contributed by atoms with Crippen LogP contribution in [0.15, 0.2) is 11.7 Å². The summed E-state index contributed by atoms with van der Waals surface area (Å²) in [6, 6.07) is -0.690. The zero-order valence-electron chi connectivity index (χ0n) is 14.9. The predicted octanol–water partition coefficient (Wildman–Crippen LogP) is 2.29. The molecular formula is C18H22N4O3S. The van der Waals surface area contributed by atoms with E-state index < -0.39 is 12.0 Å². The van der Waals surface area contributed by atoms with Crippen molar-refractivity contribution in [3.8, 4) is 0 Å². The molecule has 8 heteroatoms. The third-order valence-electron chi connectivity index (χ3n) is 5.83. The van der Waals surface area contributed by atoms with Gasteiger partial charge in [0, 0.05) is 26.6 Å². The first-order valence-electron chi connectivity index (χ1n) is 8.84. The number of aliphatic carboxylic acids is 1. The van der Waals surface area contributed by atoms with Gasteiger partial charge in [-0.1, -0.05) is 0 Å². The van der Waals surface area contributed by atoms with Gasteiger partial charge < -0.3 is 14.9 Å². The second kappa shape index (κ2) is 6.19. The summed E-state index contributed by atoms with van der Waals surface area (Å²) in [5.74, 6) is -0.0755. The fourth-order valence-electron chi connectivity index (χ4n) is 4.35. The van der Waals surface area contributed by atoms with Gasteiger partial charge in [0.2, 0.25) is 5.91 Å². The first-order valence-corrected chi connectivity index (χ1v) is 9.72. The molecule has 7 nitrogen and oxygen atoms in total. The van der Waals surface area contributed by atoms with Crippen LogP contribution in [0.2, 0.25) is 0 Å². The van der Waals surface area contributed by atoms with Crippen LogP contribution >= 0.6 is 11.3 Å². The Morgan fingerprint density at radius 3 is 2.65 bits per heavy atom. The van der Waals surface area contributed by atoms with Gasteiger partial charge in [-0.3, -0.25) is 4.79 Å². The Labute approximate surface area is 155 Å². The van der Waals surface area contributed by atoms with E-state index in [4.69, 9.17) is 0 Å². The average molecular weight is 374 g/mol. The summed E-state index contributed by atoms with van der Waals surface area (Å²) in [7, 11) is 0. The lowest BCUT2D eigenvalue weighted by Crippen LogP contribution is -2.42. The van der Waals surface area contributed by atoms with E-state index in [1.54, 1.807) is 17.7 Å². The SMILES string of the molecule is CC(=O)N1CC2(CCN(c3ncnc4c(C)csc34)CC2)C[C@@H]1C(=O)O. The summed E-state index contributed by atoms with van der Waals surface area (Å²) in [4.78, 5) is 36.1. The Kier molecular flexibility index (Phi) is 4.10. The number of thiophene rings is 1. The molecule has 0 radical (unpaired) electrons. The topological polar surface area (TPSA) is 86.6 Å². The quantitative estimate of drug-likeness (QED) is 0.868. The van der Waals surface area contributed by atoms with Crippen LogP contribution in [-0.4, -0.2) is 57.5 Å². The van der Waals surface area contributed by atoms with Crippen molar-refractivity contribution in [1.29, 1.82) is 0 Å². The Hall–Kier alpha value is -2.22. The highest BCUT2D eigenvalue weighted by molar-refractivity contribution is 7.18. The molecule has 26 heavy (non-hydrogen) atoms. The highest BCUT2D eigenvalue weighted by Gasteiger charge is 2.49. The number of hydrogen-bond donors (Lipinski definition) is 1. The predicted molar refractivity (Wildman–Crippen MR) is 99.5 cm³/mol. The second-order valence-corrected chi connectivity index (χ2v) is 8.37. The van der Waals surface area contributed by atoms with Crippen LogP contribution < -0.4 is 4.90 Å². The van der Waals surface area contributed by atoms with Gasteiger partial charge in [-0.05, 0) is 42.5 Å². The zero-order valence-corrected chi connectivity index (χ0v) is 15.8. The molecule has 1 atom stereocenters. The minimum absolute atomic E-state index is 0.0945. The normalized spacial score (nSPS) is 22.3. The molecule has 2 saturated heterocycles. The Morgan fingerprint density at radius 1 is 1.31 bits per heavy atom. The number of carbonyl (C=O) groups excluding carboxylic acids is 1. The highest BCUT2D eigenvalue weighted by atomic mass is 32.1. The summed E-state index contributed by atoms with van der Waals surface area (Å²) >= 11 is 1.67. The first-order chi connectivity index (χ1) is 12.4. The van der Waals surface area contributed by atoms with Crippen LogP contribution in [-0.2, 0) is 9.59 Å². The number of carbonyl (C=O) groups is 2. The van der Waals surface area contributed by atoms with Crippen molar-refractivity contribution < 1.29 is 14.7 Å². The molecule has 0 aliphatic carbocycles. The van der Waals surface area contributed by atoms with E-state index in [9.17, 15) is 14.7 Å². The molecule has 1 spiro atoms. The number of aromatic nitrogens is 2. The number of nitrogens with zero attached hydrogens (tertiary/aromatic N) is 4. The lowest BCUT2D eigenvalue weighted by Gasteiger charge is -2.39. The maximum atomic E-state index is 11.9. The molecule has 1 N–H and O–H groups in total. The van der Waals surface area contributed by atoms with Crippen molar-refractivity contribution in [1.82, 2.24) is 14.9 Å². The number of piperidine rings is 1.